The third-order valence-electron chi connectivity index (χ3n) is 3.41. The zero-order valence-corrected chi connectivity index (χ0v) is 11.9. The highest BCUT2D eigenvalue weighted by Gasteiger charge is 2.35. The molecule has 22 heavy (non-hydrogen) atoms. The van der Waals surface area contributed by atoms with Gasteiger partial charge in [-0.3, -0.25) is 4.79 Å². The number of amides is 3. The highest BCUT2D eigenvalue weighted by Crippen LogP contribution is 2.24. The molecule has 9 heteroatoms. The van der Waals surface area contributed by atoms with Gasteiger partial charge in [-0.25, -0.2) is 18.6 Å². The number of aromatic nitrogens is 1. The van der Waals surface area contributed by atoms with E-state index in [1.807, 2.05) is 0 Å². The number of carbonyl (C=O) groups is 2. The van der Waals surface area contributed by atoms with E-state index < -0.39 is 24.4 Å². The maximum absolute atomic E-state index is 12.8. The highest BCUT2D eigenvalue weighted by molar-refractivity contribution is 5.97. The number of hydrogen-bond acceptors (Lipinski definition) is 4. The highest BCUT2D eigenvalue weighted by atomic mass is 19.3. The van der Waals surface area contributed by atoms with E-state index in [-0.39, 0.29) is 30.1 Å². The minimum Gasteiger partial charge on any atom is -0.480 e. The average Bonchev–Trinajstić information content (AvgIpc) is 2.96. The number of anilines is 1. The van der Waals surface area contributed by atoms with Crippen LogP contribution < -0.4 is 15.8 Å². The molecule has 1 aliphatic heterocycles. The van der Waals surface area contributed by atoms with Gasteiger partial charge in [0, 0.05) is 6.54 Å². The lowest BCUT2D eigenvalue weighted by Crippen LogP contribution is -2.42. The fourth-order valence-corrected chi connectivity index (χ4v) is 2.36. The summed E-state index contributed by atoms with van der Waals surface area (Å²) < 4.78 is 30.6. The molecule has 0 aromatic carbocycles. The van der Waals surface area contributed by atoms with Gasteiger partial charge in [-0.1, -0.05) is 0 Å². The third kappa shape index (κ3) is 3.23. The predicted molar refractivity (Wildman–Crippen MR) is 74.1 cm³/mol. The number of primary amides is 1. The van der Waals surface area contributed by atoms with Crippen LogP contribution in [0.25, 0.3) is 0 Å². The van der Waals surface area contributed by atoms with Crippen molar-refractivity contribution in [2.24, 2.45) is 5.73 Å². The maximum atomic E-state index is 12.8. The quantitative estimate of drug-likeness (QED) is 0.879. The standard InChI is InChI=1S/C13H16F2N4O3/c1-22-12-8(11(16)20)5-7(6-17-12)18-13(21)19-4-2-3-9(19)10(14)15/h5-6,9-10H,2-4H2,1H3,(H2,16,20)(H,18,21)/t9-/m0/s1. The number of likely N-dealkylation sites (tertiary alicyclic amines) is 1. The van der Waals surface area contributed by atoms with Crippen LogP contribution in [-0.2, 0) is 0 Å². The molecule has 0 radical (unpaired) electrons. The van der Waals surface area contributed by atoms with Crippen molar-refractivity contribution in [1.29, 1.82) is 0 Å². The Morgan fingerprint density at radius 1 is 1.55 bits per heavy atom. The van der Waals surface area contributed by atoms with Crippen molar-refractivity contribution in [3.05, 3.63) is 17.8 Å². The molecule has 1 fully saturated rings. The van der Waals surface area contributed by atoms with E-state index >= 15 is 0 Å². The van der Waals surface area contributed by atoms with E-state index in [0.29, 0.717) is 6.42 Å². The minimum atomic E-state index is -2.59. The van der Waals surface area contributed by atoms with Crippen molar-refractivity contribution in [3.8, 4) is 5.88 Å². The molecule has 3 N–H and O–H groups in total. The van der Waals surface area contributed by atoms with Crippen LogP contribution in [0.4, 0.5) is 19.3 Å². The molecule has 1 aromatic heterocycles. The smallest absolute Gasteiger partial charge is 0.322 e. The summed E-state index contributed by atoms with van der Waals surface area (Å²) >= 11 is 0. The SMILES string of the molecule is COc1ncc(NC(=O)N2CCC[C@H]2C(F)F)cc1C(N)=O. The second-order valence-corrected chi connectivity index (χ2v) is 4.81. The molecule has 0 bridgehead atoms. The van der Waals surface area contributed by atoms with E-state index in [1.165, 1.54) is 19.4 Å². The van der Waals surface area contributed by atoms with E-state index in [9.17, 15) is 18.4 Å². The Kier molecular flexibility index (Phi) is 4.74. The lowest BCUT2D eigenvalue weighted by atomic mass is 10.2. The van der Waals surface area contributed by atoms with Gasteiger partial charge < -0.3 is 20.7 Å². The lowest BCUT2D eigenvalue weighted by molar-refractivity contribution is 0.0637. The van der Waals surface area contributed by atoms with Crippen molar-refractivity contribution in [1.82, 2.24) is 9.88 Å². The molecule has 0 spiro atoms. The molecule has 0 saturated carbocycles. The molecule has 2 rings (SSSR count). The largest absolute Gasteiger partial charge is 0.480 e. The van der Waals surface area contributed by atoms with E-state index in [4.69, 9.17) is 10.5 Å². The van der Waals surface area contributed by atoms with Gasteiger partial charge in [0.2, 0.25) is 5.88 Å². The van der Waals surface area contributed by atoms with Crippen LogP contribution in [0.3, 0.4) is 0 Å². The molecule has 120 valence electrons. The van der Waals surface area contributed by atoms with Gasteiger partial charge in [-0.2, -0.15) is 0 Å². The van der Waals surface area contributed by atoms with E-state index in [0.717, 1.165) is 4.90 Å². The molecule has 1 aromatic rings. The number of methoxy groups -OCH3 is 1. The summed E-state index contributed by atoms with van der Waals surface area (Å²) in [6.07, 6.45) is -0.547. The van der Waals surface area contributed by atoms with Crippen LogP contribution in [0.1, 0.15) is 23.2 Å². The van der Waals surface area contributed by atoms with E-state index in [2.05, 4.69) is 10.3 Å². The van der Waals surface area contributed by atoms with Crippen molar-refractivity contribution in [2.75, 3.05) is 19.0 Å². The molecule has 1 atom stereocenters. The zero-order valence-electron chi connectivity index (χ0n) is 11.9. The Bertz CT molecular complexity index is 582. The van der Waals surface area contributed by atoms with Gasteiger partial charge in [0.15, 0.2) is 0 Å². The summed E-state index contributed by atoms with van der Waals surface area (Å²) in [5.74, 6) is -0.746. The molecule has 3 amide bonds. The molecule has 1 aliphatic rings. The first-order valence-corrected chi connectivity index (χ1v) is 6.63. The number of halogens is 2. The second kappa shape index (κ2) is 6.54. The number of rotatable bonds is 4. The first-order valence-electron chi connectivity index (χ1n) is 6.63. The van der Waals surface area contributed by atoms with Gasteiger partial charge in [-0.05, 0) is 18.9 Å². The monoisotopic (exact) mass is 314 g/mol. The first-order chi connectivity index (χ1) is 10.4. The van der Waals surface area contributed by atoms with Gasteiger partial charge in [-0.15, -0.1) is 0 Å². The Morgan fingerprint density at radius 3 is 2.86 bits per heavy atom. The number of alkyl halides is 2. The normalized spacial score (nSPS) is 17.6. The van der Waals surface area contributed by atoms with Gasteiger partial charge in [0.1, 0.15) is 5.56 Å². The molecule has 2 heterocycles. The number of pyridine rings is 1. The molecule has 1 saturated heterocycles. The number of carbonyl (C=O) groups excluding carboxylic acids is 2. The van der Waals surface area contributed by atoms with Crippen LogP contribution in [0.2, 0.25) is 0 Å². The average molecular weight is 314 g/mol. The van der Waals surface area contributed by atoms with Crippen molar-refractivity contribution >= 4 is 17.6 Å². The zero-order chi connectivity index (χ0) is 16.3. The number of nitrogens with one attached hydrogen (secondary N) is 1. The summed E-state index contributed by atoms with van der Waals surface area (Å²) in [5.41, 5.74) is 5.37. The molecule has 7 nitrogen and oxygen atoms in total. The summed E-state index contributed by atoms with van der Waals surface area (Å²) in [6.45, 7) is 0.257. The first kappa shape index (κ1) is 15.9. The van der Waals surface area contributed by atoms with Crippen molar-refractivity contribution < 1.29 is 23.1 Å². The Balaban J connectivity index is 2.15. The molecule has 0 unspecified atom stereocenters. The number of nitrogens with zero attached hydrogens (tertiary/aromatic N) is 2. The molecular weight excluding hydrogens is 298 g/mol. The van der Waals surface area contributed by atoms with Gasteiger partial charge in [0.05, 0.1) is 25.0 Å². The fraction of sp³-hybridized carbons (Fsp3) is 0.462. The number of urea groups is 1. The third-order valence-corrected chi connectivity index (χ3v) is 3.41. The van der Waals surface area contributed by atoms with Crippen LogP contribution in [0, 0.1) is 0 Å². The summed E-state index contributed by atoms with van der Waals surface area (Å²) in [4.78, 5) is 28.3. The van der Waals surface area contributed by atoms with E-state index in [1.54, 1.807) is 0 Å². The summed E-state index contributed by atoms with van der Waals surface area (Å²) in [5, 5.41) is 2.44. The minimum absolute atomic E-state index is 0.00729. The lowest BCUT2D eigenvalue weighted by Gasteiger charge is -2.24. The maximum Gasteiger partial charge on any atom is 0.322 e. The van der Waals surface area contributed by atoms with Crippen LogP contribution in [0.15, 0.2) is 12.3 Å². The number of hydrogen-bond donors (Lipinski definition) is 2. The molecular formula is C13H16F2N4O3. The predicted octanol–water partition coefficient (Wildman–Crippen LogP) is 1.45. The number of nitrogens with two attached hydrogens (primary N) is 1. The fourth-order valence-electron chi connectivity index (χ4n) is 2.36. The Labute approximate surface area is 125 Å². The molecule has 0 aliphatic carbocycles. The van der Waals surface area contributed by atoms with Gasteiger partial charge >= 0.3 is 6.03 Å². The van der Waals surface area contributed by atoms with Crippen LogP contribution in [-0.4, -0.2) is 47.9 Å². The number of ether oxygens (including phenoxy) is 1. The van der Waals surface area contributed by atoms with Crippen molar-refractivity contribution in [2.45, 2.75) is 25.3 Å². The summed E-state index contributed by atoms with van der Waals surface area (Å²) in [6, 6.07) is -0.466. The Morgan fingerprint density at radius 2 is 2.27 bits per heavy atom. The second-order valence-electron chi connectivity index (χ2n) is 4.81. The van der Waals surface area contributed by atoms with Gasteiger partial charge in [0.25, 0.3) is 12.3 Å². The topological polar surface area (TPSA) is 97.6 Å². The summed E-state index contributed by atoms with van der Waals surface area (Å²) in [7, 11) is 1.32. The van der Waals surface area contributed by atoms with Crippen LogP contribution >= 0.6 is 0 Å². The Hall–Kier alpha value is -2.45. The van der Waals surface area contributed by atoms with Crippen molar-refractivity contribution in [3.63, 3.8) is 0 Å². The van der Waals surface area contributed by atoms with Crippen LogP contribution in [0.5, 0.6) is 5.88 Å².